The summed E-state index contributed by atoms with van der Waals surface area (Å²) in [6.45, 7) is 7.02. The molecule has 0 aliphatic carbocycles. The van der Waals surface area contributed by atoms with Crippen molar-refractivity contribution in [2.24, 2.45) is 0 Å². The number of hydrogen-bond acceptors (Lipinski definition) is 5. The highest BCUT2D eigenvalue weighted by Crippen LogP contribution is 2.27. The predicted octanol–water partition coefficient (Wildman–Crippen LogP) is 3.57. The van der Waals surface area contributed by atoms with Gasteiger partial charge in [0.15, 0.2) is 6.10 Å². The number of rotatable bonds is 6. The summed E-state index contributed by atoms with van der Waals surface area (Å²) < 4.78 is 5.27. The van der Waals surface area contributed by atoms with Gasteiger partial charge in [-0.05, 0) is 57.0 Å². The third-order valence-electron chi connectivity index (χ3n) is 5.24. The minimum Gasteiger partial charge on any atom is -0.449 e. The molecule has 156 valence electrons. The van der Waals surface area contributed by atoms with Crippen LogP contribution in [0.25, 0.3) is 0 Å². The molecule has 1 aliphatic rings. The summed E-state index contributed by atoms with van der Waals surface area (Å²) in [6.07, 6.45) is -0.409. The predicted molar refractivity (Wildman–Crippen MR) is 111 cm³/mol. The summed E-state index contributed by atoms with van der Waals surface area (Å²) in [5.41, 5.74) is 2.07. The van der Waals surface area contributed by atoms with Gasteiger partial charge in [0, 0.05) is 11.7 Å². The number of amides is 3. The van der Waals surface area contributed by atoms with E-state index in [4.69, 9.17) is 4.74 Å². The Labute approximate surface area is 175 Å². The number of aryl methyl sites for hydroxylation is 1. The Morgan fingerprint density at radius 1 is 1.03 bits per heavy atom. The monoisotopic (exact) mass is 408 g/mol. The number of carbonyl (C=O) groups is 4. The van der Waals surface area contributed by atoms with Gasteiger partial charge in [-0.2, -0.15) is 0 Å². The SMILES string of the molecule is CC[C@H](C)N1C(=O)c2ccc(C(=O)O[C@@H](C)C(=O)Nc3ccccc3C)cc2C1=O. The molecule has 3 amide bonds. The highest BCUT2D eigenvalue weighted by molar-refractivity contribution is 6.22. The first-order chi connectivity index (χ1) is 14.2. The zero-order chi connectivity index (χ0) is 22.0. The smallest absolute Gasteiger partial charge is 0.338 e. The Balaban J connectivity index is 1.72. The van der Waals surface area contributed by atoms with E-state index in [-0.39, 0.29) is 28.6 Å². The Bertz CT molecular complexity index is 1030. The molecule has 0 spiro atoms. The van der Waals surface area contributed by atoms with Gasteiger partial charge in [0.05, 0.1) is 16.7 Å². The van der Waals surface area contributed by atoms with Crippen molar-refractivity contribution in [3.05, 3.63) is 64.7 Å². The molecule has 1 aliphatic heterocycles. The number of anilines is 1. The van der Waals surface area contributed by atoms with Crippen LogP contribution in [0.2, 0.25) is 0 Å². The van der Waals surface area contributed by atoms with E-state index in [9.17, 15) is 19.2 Å². The molecule has 0 fully saturated rings. The van der Waals surface area contributed by atoms with Crippen molar-refractivity contribution in [3.63, 3.8) is 0 Å². The van der Waals surface area contributed by atoms with E-state index in [1.165, 1.54) is 30.0 Å². The fraction of sp³-hybridized carbons (Fsp3) is 0.304. The van der Waals surface area contributed by atoms with Gasteiger partial charge in [-0.25, -0.2) is 4.79 Å². The van der Waals surface area contributed by atoms with Crippen molar-refractivity contribution in [1.82, 2.24) is 4.90 Å². The third kappa shape index (κ3) is 3.96. The first kappa shape index (κ1) is 21.2. The van der Waals surface area contributed by atoms with E-state index in [1.54, 1.807) is 19.1 Å². The second-order valence-electron chi connectivity index (χ2n) is 7.35. The molecular formula is C23H24N2O5. The van der Waals surface area contributed by atoms with Crippen LogP contribution in [0.3, 0.4) is 0 Å². The minimum absolute atomic E-state index is 0.108. The fourth-order valence-corrected chi connectivity index (χ4v) is 3.20. The van der Waals surface area contributed by atoms with E-state index >= 15 is 0 Å². The van der Waals surface area contributed by atoms with Crippen LogP contribution < -0.4 is 5.32 Å². The number of fused-ring (bicyclic) bond motifs is 1. The maximum absolute atomic E-state index is 12.6. The zero-order valence-electron chi connectivity index (χ0n) is 17.4. The minimum atomic E-state index is -1.04. The number of nitrogens with zero attached hydrogens (tertiary/aromatic N) is 1. The van der Waals surface area contributed by atoms with Gasteiger partial charge in [-0.1, -0.05) is 25.1 Å². The lowest BCUT2D eigenvalue weighted by Crippen LogP contribution is -2.37. The van der Waals surface area contributed by atoms with Gasteiger partial charge in [0.1, 0.15) is 0 Å². The lowest BCUT2D eigenvalue weighted by Gasteiger charge is -2.20. The molecule has 0 saturated carbocycles. The van der Waals surface area contributed by atoms with E-state index in [1.807, 2.05) is 26.0 Å². The first-order valence-electron chi connectivity index (χ1n) is 9.84. The molecule has 30 heavy (non-hydrogen) atoms. The summed E-state index contributed by atoms with van der Waals surface area (Å²) in [7, 11) is 0. The summed E-state index contributed by atoms with van der Waals surface area (Å²) in [6, 6.07) is 11.3. The third-order valence-corrected chi connectivity index (χ3v) is 5.24. The number of para-hydroxylation sites is 1. The molecule has 1 N–H and O–H groups in total. The quantitative estimate of drug-likeness (QED) is 0.583. The average Bonchev–Trinajstić information content (AvgIpc) is 2.98. The van der Waals surface area contributed by atoms with Crippen molar-refractivity contribution >= 4 is 29.4 Å². The molecule has 0 unspecified atom stereocenters. The first-order valence-corrected chi connectivity index (χ1v) is 9.84. The molecule has 0 bridgehead atoms. The van der Waals surface area contributed by atoms with E-state index < -0.39 is 23.9 Å². The second kappa shape index (κ2) is 8.49. The topological polar surface area (TPSA) is 92.8 Å². The summed E-state index contributed by atoms with van der Waals surface area (Å²) >= 11 is 0. The maximum Gasteiger partial charge on any atom is 0.338 e. The normalized spacial score (nSPS) is 14.9. The van der Waals surface area contributed by atoms with Crippen LogP contribution in [0.1, 0.15) is 63.8 Å². The van der Waals surface area contributed by atoms with Gasteiger partial charge < -0.3 is 10.1 Å². The van der Waals surface area contributed by atoms with E-state index in [0.29, 0.717) is 12.1 Å². The molecule has 7 nitrogen and oxygen atoms in total. The molecule has 3 rings (SSSR count). The standard InChI is InChI=1S/C23H24N2O5/c1-5-14(3)25-21(27)17-11-10-16(12-18(17)22(25)28)23(29)30-15(4)20(26)24-19-9-7-6-8-13(19)2/h6-12,14-15H,5H2,1-4H3,(H,24,26)/t14-,15-/m0/s1. The highest BCUT2D eigenvalue weighted by atomic mass is 16.5. The van der Waals surface area contributed by atoms with Crippen LogP contribution in [-0.2, 0) is 9.53 Å². The molecule has 2 atom stereocenters. The summed E-state index contributed by atoms with van der Waals surface area (Å²) in [4.78, 5) is 51.2. The number of carbonyl (C=O) groups excluding carboxylic acids is 4. The molecule has 0 saturated heterocycles. The van der Waals surface area contributed by atoms with Crippen LogP contribution in [0.4, 0.5) is 5.69 Å². The average molecular weight is 408 g/mol. The molecule has 0 aromatic heterocycles. The van der Waals surface area contributed by atoms with Crippen LogP contribution in [0, 0.1) is 6.92 Å². The number of hydrogen-bond donors (Lipinski definition) is 1. The number of benzene rings is 2. The maximum atomic E-state index is 12.6. The number of imide groups is 1. The van der Waals surface area contributed by atoms with Crippen molar-refractivity contribution in [3.8, 4) is 0 Å². The van der Waals surface area contributed by atoms with Crippen LogP contribution in [0.5, 0.6) is 0 Å². The zero-order valence-corrected chi connectivity index (χ0v) is 17.4. The van der Waals surface area contributed by atoms with Gasteiger partial charge in [-0.3, -0.25) is 19.3 Å². The summed E-state index contributed by atoms with van der Waals surface area (Å²) in [5.74, 6) is -2.00. The van der Waals surface area contributed by atoms with E-state index in [2.05, 4.69) is 5.32 Å². The molecule has 2 aromatic rings. The second-order valence-corrected chi connectivity index (χ2v) is 7.35. The largest absolute Gasteiger partial charge is 0.449 e. The number of esters is 1. The van der Waals surface area contributed by atoms with Crippen molar-refractivity contribution in [2.45, 2.75) is 46.3 Å². The molecular weight excluding hydrogens is 384 g/mol. The molecule has 0 radical (unpaired) electrons. The van der Waals surface area contributed by atoms with E-state index in [0.717, 1.165) is 5.56 Å². The van der Waals surface area contributed by atoms with Crippen molar-refractivity contribution < 1.29 is 23.9 Å². The summed E-state index contributed by atoms with van der Waals surface area (Å²) in [5, 5.41) is 2.72. The Morgan fingerprint density at radius 2 is 1.70 bits per heavy atom. The Kier molecular flexibility index (Phi) is 6.01. The fourth-order valence-electron chi connectivity index (χ4n) is 3.20. The highest BCUT2D eigenvalue weighted by Gasteiger charge is 2.38. The Hall–Kier alpha value is -3.48. The van der Waals surface area contributed by atoms with Crippen LogP contribution >= 0.6 is 0 Å². The van der Waals surface area contributed by atoms with Gasteiger partial charge in [0.2, 0.25) is 0 Å². The van der Waals surface area contributed by atoms with Gasteiger partial charge in [0.25, 0.3) is 17.7 Å². The van der Waals surface area contributed by atoms with Crippen molar-refractivity contribution in [1.29, 1.82) is 0 Å². The Morgan fingerprint density at radius 3 is 2.37 bits per heavy atom. The molecule has 1 heterocycles. The van der Waals surface area contributed by atoms with Crippen LogP contribution in [0.15, 0.2) is 42.5 Å². The number of nitrogens with one attached hydrogen (secondary N) is 1. The van der Waals surface area contributed by atoms with Gasteiger partial charge >= 0.3 is 5.97 Å². The van der Waals surface area contributed by atoms with Crippen LogP contribution in [-0.4, -0.2) is 40.7 Å². The molecule has 7 heteroatoms. The molecule has 2 aromatic carbocycles. The van der Waals surface area contributed by atoms with Crippen molar-refractivity contribution in [2.75, 3.05) is 5.32 Å². The lowest BCUT2D eigenvalue weighted by atomic mass is 10.1. The lowest BCUT2D eigenvalue weighted by molar-refractivity contribution is -0.123. The number of ether oxygens (including phenoxy) is 1. The van der Waals surface area contributed by atoms with Gasteiger partial charge in [-0.15, -0.1) is 0 Å².